The smallest absolute Gasteiger partial charge is 0.258 e. The molecule has 0 radical (unpaired) electrons. The fourth-order valence-corrected chi connectivity index (χ4v) is 2.10. The zero-order chi connectivity index (χ0) is 19.6. The van der Waals surface area contributed by atoms with Crippen molar-refractivity contribution in [3.63, 3.8) is 0 Å². The molecule has 0 aliphatic carbocycles. The van der Waals surface area contributed by atoms with Crippen LogP contribution in [0.5, 0.6) is 11.5 Å². The molecule has 3 N–H and O–H groups in total. The predicted molar refractivity (Wildman–Crippen MR) is 101 cm³/mol. The van der Waals surface area contributed by atoms with Crippen molar-refractivity contribution in [2.45, 2.75) is 6.92 Å². The molecule has 2 aromatic carbocycles. The Balaban J connectivity index is 1.71. The van der Waals surface area contributed by atoms with E-state index in [9.17, 15) is 14.4 Å². The Morgan fingerprint density at radius 2 is 1.37 bits per heavy atom. The highest BCUT2D eigenvalue weighted by atomic mass is 16.5. The summed E-state index contributed by atoms with van der Waals surface area (Å²) in [6.45, 7) is 1.03. The first kappa shape index (κ1) is 19.8. The van der Waals surface area contributed by atoms with Gasteiger partial charge in [0.2, 0.25) is 11.8 Å². The molecule has 27 heavy (non-hydrogen) atoms. The molecule has 0 aliphatic heterocycles. The molecule has 8 heteroatoms. The van der Waals surface area contributed by atoms with Gasteiger partial charge in [-0.1, -0.05) is 0 Å². The van der Waals surface area contributed by atoms with Gasteiger partial charge in [-0.2, -0.15) is 0 Å². The molecule has 0 bridgehead atoms. The zero-order valence-electron chi connectivity index (χ0n) is 15.1. The maximum absolute atomic E-state index is 11.9. The highest BCUT2D eigenvalue weighted by Gasteiger charge is 2.07. The number of benzene rings is 2. The maximum Gasteiger partial charge on any atom is 0.258 e. The Morgan fingerprint density at radius 1 is 0.815 bits per heavy atom. The average molecular weight is 371 g/mol. The standard InChI is InChI=1S/C19H21N3O5/c1-13(23)21-14-3-5-15(6-4-14)22-18(24)11-20-19(25)12-27-17-9-7-16(26-2)8-10-17/h3-10H,11-12H2,1-2H3,(H,20,25)(H,21,23)(H,22,24). The molecular formula is C19H21N3O5. The molecule has 0 aromatic heterocycles. The third-order valence-electron chi connectivity index (χ3n) is 3.36. The summed E-state index contributed by atoms with van der Waals surface area (Å²) in [5, 5.41) is 7.75. The number of anilines is 2. The van der Waals surface area contributed by atoms with Gasteiger partial charge in [0, 0.05) is 18.3 Å². The Bertz CT molecular complexity index is 788. The van der Waals surface area contributed by atoms with Gasteiger partial charge in [0.05, 0.1) is 13.7 Å². The monoisotopic (exact) mass is 371 g/mol. The third kappa shape index (κ3) is 7.07. The first-order chi connectivity index (χ1) is 13.0. The SMILES string of the molecule is COc1ccc(OCC(=O)NCC(=O)Nc2ccc(NC(C)=O)cc2)cc1. The van der Waals surface area contributed by atoms with Crippen molar-refractivity contribution in [3.8, 4) is 11.5 Å². The Hall–Kier alpha value is -3.55. The molecular weight excluding hydrogens is 350 g/mol. The van der Waals surface area contributed by atoms with Gasteiger partial charge in [-0.3, -0.25) is 14.4 Å². The molecule has 0 atom stereocenters. The van der Waals surface area contributed by atoms with E-state index in [2.05, 4.69) is 16.0 Å². The maximum atomic E-state index is 11.9. The van der Waals surface area contributed by atoms with Gasteiger partial charge >= 0.3 is 0 Å². The number of ether oxygens (including phenoxy) is 2. The first-order valence-electron chi connectivity index (χ1n) is 8.17. The van der Waals surface area contributed by atoms with Crippen LogP contribution in [-0.4, -0.2) is 38.0 Å². The molecule has 0 heterocycles. The summed E-state index contributed by atoms with van der Waals surface area (Å²) in [7, 11) is 1.56. The van der Waals surface area contributed by atoms with E-state index < -0.39 is 5.91 Å². The van der Waals surface area contributed by atoms with Crippen LogP contribution in [0.15, 0.2) is 48.5 Å². The molecule has 0 unspecified atom stereocenters. The number of nitrogens with one attached hydrogen (secondary N) is 3. The normalized spacial score (nSPS) is 9.85. The van der Waals surface area contributed by atoms with Gasteiger partial charge in [-0.25, -0.2) is 0 Å². The van der Waals surface area contributed by atoms with Gasteiger partial charge in [-0.05, 0) is 48.5 Å². The lowest BCUT2D eigenvalue weighted by Crippen LogP contribution is -2.35. The molecule has 3 amide bonds. The summed E-state index contributed by atoms with van der Waals surface area (Å²) in [5.41, 5.74) is 1.18. The molecule has 0 spiro atoms. The van der Waals surface area contributed by atoms with Crippen LogP contribution in [0, 0.1) is 0 Å². The van der Waals surface area contributed by atoms with Crippen molar-refractivity contribution in [2.24, 2.45) is 0 Å². The molecule has 0 saturated heterocycles. The quantitative estimate of drug-likeness (QED) is 0.656. The lowest BCUT2D eigenvalue weighted by Gasteiger charge is -2.09. The topological polar surface area (TPSA) is 106 Å². The number of hydrogen-bond donors (Lipinski definition) is 3. The molecule has 142 valence electrons. The number of carbonyl (C=O) groups excluding carboxylic acids is 3. The van der Waals surface area contributed by atoms with E-state index in [1.54, 1.807) is 55.6 Å². The molecule has 8 nitrogen and oxygen atoms in total. The summed E-state index contributed by atoms with van der Waals surface area (Å²) in [6.07, 6.45) is 0. The van der Waals surface area contributed by atoms with E-state index in [4.69, 9.17) is 9.47 Å². The first-order valence-corrected chi connectivity index (χ1v) is 8.17. The lowest BCUT2D eigenvalue weighted by atomic mass is 10.2. The highest BCUT2D eigenvalue weighted by molar-refractivity contribution is 5.95. The number of hydrogen-bond acceptors (Lipinski definition) is 5. The second-order valence-electron chi connectivity index (χ2n) is 5.55. The summed E-state index contributed by atoms with van der Waals surface area (Å²) < 4.78 is 10.4. The molecule has 2 rings (SSSR count). The molecule has 0 fully saturated rings. The van der Waals surface area contributed by atoms with E-state index in [0.717, 1.165) is 0 Å². The van der Waals surface area contributed by atoms with Crippen molar-refractivity contribution in [3.05, 3.63) is 48.5 Å². The van der Waals surface area contributed by atoms with Gasteiger partial charge in [0.1, 0.15) is 11.5 Å². The van der Waals surface area contributed by atoms with Crippen LogP contribution in [-0.2, 0) is 14.4 Å². The Kier molecular flexibility index (Phi) is 7.18. The third-order valence-corrected chi connectivity index (χ3v) is 3.36. The molecule has 0 saturated carbocycles. The van der Waals surface area contributed by atoms with Crippen LogP contribution in [0.4, 0.5) is 11.4 Å². The van der Waals surface area contributed by atoms with Crippen LogP contribution in [0.1, 0.15) is 6.92 Å². The second-order valence-corrected chi connectivity index (χ2v) is 5.55. The molecule has 2 aromatic rings. The minimum atomic E-state index is -0.415. The van der Waals surface area contributed by atoms with E-state index in [1.807, 2.05) is 0 Å². The molecule has 0 aliphatic rings. The summed E-state index contributed by atoms with van der Waals surface area (Å²) in [6, 6.07) is 13.4. The van der Waals surface area contributed by atoms with Crippen LogP contribution < -0.4 is 25.4 Å². The highest BCUT2D eigenvalue weighted by Crippen LogP contribution is 2.16. The minimum Gasteiger partial charge on any atom is -0.497 e. The van der Waals surface area contributed by atoms with Crippen molar-refractivity contribution >= 4 is 29.1 Å². The minimum absolute atomic E-state index is 0.175. The van der Waals surface area contributed by atoms with Crippen LogP contribution >= 0.6 is 0 Å². The van der Waals surface area contributed by atoms with Crippen molar-refractivity contribution in [1.29, 1.82) is 0 Å². The number of methoxy groups -OCH3 is 1. The fourth-order valence-electron chi connectivity index (χ4n) is 2.10. The zero-order valence-corrected chi connectivity index (χ0v) is 15.1. The average Bonchev–Trinajstić information content (AvgIpc) is 2.66. The number of rotatable bonds is 8. The summed E-state index contributed by atoms with van der Waals surface area (Å²) in [5.74, 6) is 0.247. The van der Waals surface area contributed by atoms with Gasteiger partial charge in [-0.15, -0.1) is 0 Å². The number of carbonyl (C=O) groups is 3. The van der Waals surface area contributed by atoms with Crippen LogP contribution in [0.3, 0.4) is 0 Å². The summed E-state index contributed by atoms with van der Waals surface area (Å²) in [4.78, 5) is 34.6. The fraction of sp³-hybridized carbons (Fsp3) is 0.211. The van der Waals surface area contributed by atoms with E-state index in [-0.39, 0.29) is 25.0 Å². The van der Waals surface area contributed by atoms with Gasteiger partial charge in [0.25, 0.3) is 5.91 Å². The Morgan fingerprint density at radius 3 is 1.93 bits per heavy atom. The van der Waals surface area contributed by atoms with Gasteiger partial charge in [0.15, 0.2) is 6.61 Å². The van der Waals surface area contributed by atoms with E-state index >= 15 is 0 Å². The van der Waals surface area contributed by atoms with Gasteiger partial charge < -0.3 is 25.4 Å². The van der Waals surface area contributed by atoms with Crippen molar-refractivity contribution in [2.75, 3.05) is 30.9 Å². The predicted octanol–water partition coefficient (Wildman–Crippen LogP) is 1.79. The van der Waals surface area contributed by atoms with Crippen LogP contribution in [0.2, 0.25) is 0 Å². The van der Waals surface area contributed by atoms with Crippen molar-refractivity contribution < 1.29 is 23.9 Å². The second kappa shape index (κ2) is 9.81. The Labute approximate surface area is 156 Å². The van der Waals surface area contributed by atoms with Crippen LogP contribution in [0.25, 0.3) is 0 Å². The van der Waals surface area contributed by atoms with Crippen molar-refractivity contribution in [1.82, 2.24) is 5.32 Å². The lowest BCUT2D eigenvalue weighted by molar-refractivity contribution is -0.125. The number of amides is 3. The van der Waals surface area contributed by atoms with E-state index in [0.29, 0.717) is 22.9 Å². The van der Waals surface area contributed by atoms with E-state index in [1.165, 1.54) is 6.92 Å². The summed E-state index contributed by atoms with van der Waals surface area (Å²) >= 11 is 0. The largest absolute Gasteiger partial charge is 0.497 e.